The van der Waals surface area contributed by atoms with Crippen LogP contribution in [0.15, 0.2) is 85.1 Å². The van der Waals surface area contributed by atoms with Gasteiger partial charge in [0.15, 0.2) is 0 Å². The first-order valence-corrected chi connectivity index (χ1v) is 25.4. The lowest BCUT2D eigenvalue weighted by Gasteiger charge is -2.29. The first-order valence-electron chi connectivity index (χ1n) is 23.9. The fourth-order valence-corrected chi connectivity index (χ4v) is 7.08. The summed E-state index contributed by atoms with van der Waals surface area (Å²) in [4.78, 5) is 25.3. The Morgan fingerprint density at radius 1 is 0.600 bits per heavy atom. The van der Waals surface area contributed by atoms with Crippen molar-refractivity contribution in [3.05, 3.63) is 85.1 Å². The summed E-state index contributed by atoms with van der Waals surface area (Å²) in [5.41, 5.74) is 0. The van der Waals surface area contributed by atoms with Gasteiger partial charge in [-0.3, -0.25) is 9.36 Å². The van der Waals surface area contributed by atoms with E-state index in [2.05, 4.69) is 79.9 Å². The molecule has 0 heterocycles. The Hall–Kier alpha value is -2.32. The number of quaternary nitrogens is 1. The Morgan fingerprint density at radius 3 is 1.52 bits per heavy atom. The van der Waals surface area contributed by atoms with Crippen LogP contribution >= 0.6 is 7.82 Å². The fourth-order valence-electron chi connectivity index (χ4n) is 6.35. The predicted molar refractivity (Wildman–Crippen MR) is 256 cm³/mol. The van der Waals surface area contributed by atoms with Gasteiger partial charge in [0.25, 0.3) is 7.82 Å². The lowest BCUT2D eigenvalue weighted by molar-refractivity contribution is -0.870. The summed E-state index contributed by atoms with van der Waals surface area (Å²) in [6.45, 7) is 4.43. The van der Waals surface area contributed by atoms with Crippen molar-refractivity contribution in [2.24, 2.45) is 0 Å². The average molecular weight is 859 g/mol. The van der Waals surface area contributed by atoms with Crippen LogP contribution in [-0.2, 0) is 18.4 Å². The van der Waals surface area contributed by atoms with Crippen LogP contribution in [0.25, 0.3) is 0 Å². The maximum atomic E-state index is 12.8. The van der Waals surface area contributed by atoms with E-state index in [4.69, 9.17) is 9.05 Å². The molecule has 0 aliphatic rings. The van der Waals surface area contributed by atoms with E-state index in [0.29, 0.717) is 17.4 Å². The monoisotopic (exact) mass is 859 g/mol. The molecule has 3 unspecified atom stereocenters. The van der Waals surface area contributed by atoms with Gasteiger partial charge in [-0.2, -0.15) is 0 Å². The van der Waals surface area contributed by atoms with Crippen molar-refractivity contribution in [2.45, 2.75) is 193 Å². The number of amides is 1. The number of nitrogens with one attached hydrogen (secondary N) is 1. The molecule has 0 saturated heterocycles. The van der Waals surface area contributed by atoms with Crippen LogP contribution in [-0.4, -0.2) is 68.5 Å². The largest absolute Gasteiger partial charge is 0.756 e. The molecule has 346 valence electrons. The van der Waals surface area contributed by atoms with Crippen molar-refractivity contribution >= 4 is 13.7 Å². The number of hydrogen-bond donors (Lipinski definition) is 2. The number of carbonyl (C=O) groups excluding carboxylic acids is 1. The third-order valence-corrected chi connectivity index (χ3v) is 11.1. The highest BCUT2D eigenvalue weighted by molar-refractivity contribution is 7.45. The van der Waals surface area contributed by atoms with E-state index >= 15 is 0 Å². The van der Waals surface area contributed by atoms with Gasteiger partial charge in [-0.25, -0.2) is 0 Å². The van der Waals surface area contributed by atoms with E-state index in [0.717, 1.165) is 44.9 Å². The lowest BCUT2D eigenvalue weighted by Crippen LogP contribution is -2.45. The highest BCUT2D eigenvalue weighted by Gasteiger charge is 2.23. The SMILES string of the molecule is CC/C=C\C/C=C\C/C=C\C/C=C\C/C=C\CC(=O)NC(COP(=O)([O-])OCC[N+](C)(C)C)C(O)/C=C/CC/C=C/CCCCCCCCCCCCCCCCCCC. The van der Waals surface area contributed by atoms with E-state index in [-0.39, 0.29) is 18.9 Å². The number of likely N-dealkylation sites (N-methyl/N-ethyl adjacent to an activating group) is 1. The van der Waals surface area contributed by atoms with Crippen LogP contribution in [0, 0.1) is 0 Å². The molecule has 8 nitrogen and oxygen atoms in total. The van der Waals surface area contributed by atoms with Gasteiger partial charge >= 0.3 is 0 Å². The molecular weight excluding hydrogens is 768 g/mol. The van der Waals surface area contributed by atoms with Crippen LogP contribution in [0.2, 0.25) is 0 Å². The Balaban J connectivity index is 4.49. The Kier molecular flexibility index (Phi) is 40.4. The van der Waals surface area contributed by atoms with Gasteiger partial charge in [0.1, 0.15) is 13.2 Å². The maximum Gasteiger partial charge on any atom is 0.268 e. The highest BCUT2D eigenvalue weighted by Crippen LogP contribution is 2.38. The fraction of sp³-hybridized carbons (Fsp3) is 0.706. The molecule has 9 heteroatoms. The van der Waals surface area contributed by atoms with Gasteiger partial charge in [0.05, 0.1) is 39.9 Å². The molecule has 0 aromatic heterocycles. The van der Waals surface area contributed by atoms with Gasteiger partial charge in [-0.1, -0.05) is 202 Å². The van der Waals surface area contributed by atoms with Crippen molar-refractivity contribution in [1.82, 2.24) is 5.32 Å². The number of carbonyl (C=O) groups is 1. The second-order valence-electron chi connectivity index (χ2n) is 17.1. The first kappa shape index (κ1) is 57.7. The minimum atomic E-state index is -4.63. The third-order valence-electron chi connectivity index (χ3n) is 10.1. The molecule has 0 aromatic carbocycles. The number of allylic oxidation sites excluding steroid dienone is 12. The van der Waals surface area contributed by atoms with E-state index in [1.807, 2.05) is 33.3 Å². The summed E-state index contributed by atoms with van der Waals surface area (Å²) >= 11 is 0. The summed E-state index contributed by atoms with van der Waals surface area (Å²) in [6.07, 6.45) is 58.3. The topological polar surface area (TPSA) is 108 Å². The zero-order chi connectivity index (χ0) is 44.3. The van der Waals surface area contributed by atoms with Crippen molar-refractivity contribution in [3.8, 4) is 0 Å². The molecule has 1 amide bonds. The van der Waals surface area contributed by atoms with Crippen molar-refractivity contribution < 1.29 is 32.9 Å². The molecule has 0 radical (unpaired) electrons. The average Bonchev–Trinajstić information content (AvgIpc) is 3.20. The Labute approximate surface area is 369 Å². The number of hydrogen-bond acceptors (Lipinski definition) is 6. The molecule has 0 aliphatic carbocycles. The predicted octanol–water partition coefficient (Wildman–Crippen LogP) is 13.1. The maximum absolute atomic E-state index is 12.8. The first-order chi connectivity index (χ1) is 29.0. The number of unbranched alkanes of at least 4 members (excludes halogenated alkanes) is 18. The number of nitrogens with zero attached hydrogens (tertiary/aromatic N) is 1. The molecule has 0 spiro atoms. The third kappa shape index (κ3) is 43.8. The molecular formula is C51H91N2O6P. The zero-order valence-electron chi connectivity index (χ0n) is 39.1. The van der Waals surface area contributed by atoms with Crippen LogP contribution in [0.4, 0.5) is 0 Å². The second-order valence-corrected chi connectivity index (χ2v) is 18.5. The van der Waals surface area contributed by atoms with Crippen LogP contribution in [0.1, 0.15) is 181 Å². The minimum absolute atomic E-state index is 0.0269. The Bertz CT molecular complexity index is 1250. The zero-order valence-corrected chi connectivity index (χ0v) is 40.0. The number of phosphoric ester groups is 1. The molecule has 60 heavy (non-hydrogen) atoms. The van der Waals surface area contributed by atoms with Crippen LogP contribution < -0.4 is 10.2 Å². The number of aliphatic hydroxyl groups is 1. The molecule has 0 bridgehead atoms. The van der Waals surface area contributed by atoms with Crippen LogP contribution in [0.3, 0.4) is 0 Å². The van der Waals surface area contributed by atoms with Crippen molar-refractivity contribution in [2.75, 3.05) is 40.9 Å². The van der Waals surface area contributed by atoms with Gasteiger partial charge < -0.3 is 28.8 Å². The van der Waals surface area contributed by atoms with Gasteiger partial charge in [0, 0.05) is 6.42 Å². The molecule has 0 fully saturated rings. The van der Waals surface area contributed by atoms with E-state index in [9.17, 15) is 19.4 Å². The summed E-state index contributed by atoms with van der Waals surface area (Å²) in [6, 6.07) is -0.962. The minimum Gasteiger partial charge on any atom is -0.756 e. The van der Waals surface area contributed by atoms with E-state index in [1.165, 1.54) is 109 Å². The summed E-state index contributed by atoms with van der Waals surface area (Å²) < 4.78 is 23.1. The molecule has 2 N–H and O–H groups in total. The van der Waals surface area contributed by atoms with Crippen molar-refractivity contribution in [3.63, 3.8) is 0 Å². The number of aliphatic hydroxyl groups excluding tert-OH is 1. The van der Waals surface area contributed by atoms with Crippen LogP contribution in [0.5, 0.6) is 0 Å². The van der Waals surface area contributed by atoms with E-state index in [1.54, 1.807) is 12.2 Å². The highest BCUT2D eigenvalue weighted by atomic mass is 31.2. The normalized spacial score (nSPS) is 15.0. The number of rotatable bonds is 42. The number of phosphoric acid groups is 1. The molecule has 0 rings (SSSR count). The van der Waals surface area contributed by atoms with E-state index < -0.39 is 26.6 Å². The summed E-state index contributed by atoms with van der Waals surface area (Å²) in [7, 11) is 1.18. The Morgan fingerprint density at radius 2 is 1.03 bits per heavy atom. The summed E-state index contributed by atoms with van der Waals surface area (Å²) in [5, 5.41) is 13.7. The smallest absolute Gasteiger partial charge is 0.268 e. The molecule has 0 aliphatic heterocycles. The molecule has 0 saturated carbocycles. The van der Waals surface area contributed by atoms with Gasteiger partial charge in [0.2, 0.25) is 5.91 Å². The quantitative estimate of drug-likeness (QED) is 0.0274. The van der Waals surface area contributed by atoms with Gasteiger partial charge in [-0.15, -0.1) is 0 Å². The second kappa shape index (κ2) is 42.0. The lowest BCUT2D eigenvalue weighted by atomic mass is 10.0. The molecule has 0 aromatic rings. The standard InChI is InChI=1S/C51H91N2O6P/c1-6-8-10-12-14-16-18-20-22-23-24-25-26-27-28-29-31-32-34-36-38-40-42-44-50(54)49(48-59-60(56,57)58-47-46-53(3,4)5)52-51(55)45-43-41-39-37-35-33-30-21-19-17-15-13-11-9-7-2/h9,11,15,17,21,30,34-37,41-44,49-50,54H,6-8,10,12-14,16,18-20,22-29,31-33,38-40,45-48H2,1-5H3,(H-,52,55,56,57)/b11-9-,17-15-,30-21-,36-34+,37-35-,43-41-,44-42+. The molecule has 3 atom stereocenters. The van der Waals surface area contributed by atoms with Gasteiger partial charge in [-0.05, 0) is 57.8 Å². The summed E-state index contributed by atoms with van der Waals surface area (Å²) in [5.74, 6) is -0.337. The van der Waals surface area contributed by atoms with Crippen molar-refractivity contribution in [1.29, 1.82) is 0 Å².